The van der Waals surface area contributed by atoms with E-state index in [9.17, 15) is 9.18 Å². The van der Waals surface area contributed by atoms with E-state index in [-0.39, 0.29) is 18.3 Å². The molecule has 0 fully saturated rings. The molecular weight excluding hydrogens is 361 g/mol. The van der Waals surface area contributed by atoms with Crippen molar-refractivity contribution in [3.05, 3.63) is 82.3 Å². The van der Waals surface area contributed by atoms with Gasteiger partial charge in [0.25, 0.3) is 5.91 Å². The molecule has 0 aliphatic rings. The largest absolute Gasteiger partial charge is 0.348 e. The van der Waals surface area contributed by atoms with Crippen LogP contribution in [0.25, 0.3) is 5.69 Å². The monoisotopic (exact) mass is 373 g/mol. The Morgan fingerprint density at radius 1 is 1.22 bits per heavy atom. The number of halogens is 2. The van der Waals surface area contributed by atoms with Crippen LogP contribution in [0.1, 0.15) is 15.9 Å². The molecule has 0 aliphatic heterocycles. The minimum Gasteiger partial charge on any atom is -0.348 e. The number of rotatable bonds is 4. The Morgan fingerprint density at radius 3 is 2.74 bits per heavy atom. The number of carbonyl (C=O) groups excluding carboxylic acids is 1. The summed E-state index contributed by atoms with van der Waals surface area (Å²) < 4.78 is 15.7. The van der Waals surface area contributed by atoms with E-state index in [1.54, 1.807) is 23.0 Å². The Hall–Kier alpha value is -2.47. The number of hydrogen-bond acceptors (Lipinski definition) is 2. The van der Waals surface area contributed by atoms with Gasteiger partial charge in [0, 0.05) is 17.2 Å². The van der Waals surface area contributed by atoms with Gasteiger partial charge in [-0.15, -0.1) is 0 Å². The van der Waals surface area contributed by atoms with E-state index in [0.717, 1.165) is 10.2 Å². The molecule has 0 unspecified atom stereocenters. The Labute approximate surface area is 141 Å². The van der Waals surface area contributed by atoms with Crippen molar-refractivity contribution in [3.63, 3.8) is 0 Å². The van der Waals surface area contributed by atoms with Gasteiger partial charge in [0.1, 0.15) is 5.82 Å². The summed E-state index contributed by atoms with van der Waals surface area (Å²) in [6.45, 7) is 0.264. The second-order valence-electron chi connectivity index (χ2n) is 4.96. The lowest BCUT2D eigenvalue weighted by Crippen LogP contribution is -2.22. The van der Waals surface area contributed by atoms with E-state index in [1.807, 2.05) is 24.3 Å². The maximum Gasteiger partial charge on any atom is 0.254 e. The molecule has 0 spiro atoms. The van der Waals surface area contributed by atoms with Crippen molar-refractivity contribution in [2.75, 3.05) is 0 Å². The lowest BCUT2D eigenvalue weighted by molar-refractivity contribution is 0.0951. The molecule has 0 aliphatic carbocycles. The Morgan fingerprint density at radius 2 is 2.00 bits per heavy atom. The molecule has 3 rings (SSSR count). The fourth-order valence-electron chi connectivity index (χ4n) is 2.11. The van der Waals surface area contributed by atoms with Gasteiger partial charge in [-0.25, -0.2) is 9.07 Å². The summed E-state index contributed by atoms with van der Waals surface area (Å²) in [4.78, 5) is 12.1. The summed E-state index contributed by atoms with van der Waals surface area (Å²) in [5.41, 5.74) is 2.01. The summed E-state index contributed by atoms with van der Waals surface area (Å²) >= 11 is 3.37. The average molecular weight is 374 g/mol. The highest BCUT2D eigenvalue weighted by atomic mass is 79.9. The van der Waals surface area contributed by atoms with Crippen LogP contribution in [0.4, 0.5) is 4.39 Å². The third-order valence-electron chi connectivity index (χ3n) is 3.28. The predicted molar refractivity (Wildman–Crippen MR) is 88.8 cm³/mol. The number of hydrogen-bond donors (Lipinski definition) is 1. The van der Waals surface area contributed by atoms with Crippen LogP contribution in [0.15, 0.2) is 65.4 Å². The molecular formula is C17H13BrFN3O. The number of nitrogens with zero attached hydrogens (tertiary/aromatic N) is 2. The van der Waals surface area contributed by atoms with Crippen molar-refractivity contribution in [1.29, 1.82) is 0 Å². The van der Waals surface area contributed by atoms with Crippen LogP contribution in [-0.4, -0.2) is 15.7 Å². The number of amides is 1. The van der Waals surface area contributed by atoms with Crippen molar-refractivity contribution in [3.8, 4) is 5.69 Å². The van der Waals surface area contributed by atoms with Gasteiger partial charge in [0.2, 0.25) is 0 Å². The van der Waals surface area contributed by atoms with Crippen LogP contribution >= 0.6 is 15.9 Å². The molecule has 0 bridgehead atoms. The number of nitrogens with one attached hydrogen (secondary N) is 1. The van der Waals surface area contributed by atoms with E-state index >= 15 is 0 Å². The fraction of sp³-hybridized carbons (Fsp3) is 0.0588. The number of benzene rings is 2. The van der Waals surface area contributed by atoms with Gasteiger partial charge in [-0.3, -0.25) is 4.79 Å². The van der Waals surface area contributed by atoms with Crippen LogP contribution in [0, 0.1) is 5.82 Å². The van der Waals surface area contributed by atoms with Crippen LogP contribution in [0.5, 0.6) is 0 Å². The minimum absolute atomic E-state index is 0.252. The highest BCUT2D eigenvalue weighted by Gasteiger charge is 2.09. The highest BCUT2D eigenvalue weighted by molar-refractivity contribution is 9.10. The van der Waals surface area contributed by atoms with Crippen molar-refractivity contribution < 1.29 is 9.18 Å². The van der Waals surface area contributed by atoms with E-state index in [1.165, 1.54) is 18.3 Å². The molecule has 23 heavy (non-hydrogen) atoms. The Balaban J connectivity index is 1.67. The van der Waals surface area contributed by atoms with E-state index < -0.39 is 0 Å². The maximum absolute atomic E-state index is 13.1. The van der Waals surface area contributed by atoms with Crippen LogP contribution in [0.3, 0.4) is 0 Å². The van der Waals surface area contributed by atoms with Crippen molar-refractivity contribution in [1.82, 2.24) is 15.1 Å². The summed E-state index contributed by atoms with van der Waals surface area (Å²) in [5.74, 6) is -0.572. The van der Waals surface area contributed by atoms with Gasteiger partial charge in [-0.1, -0.05) is 28.1 Å². The summed E-state index contributed by atoms with van der Waals surface area (Å²) in [5, 5.41) is 6.94. The molecule has 4 nitrogen and oxygen atoms in total. The lowest BCUT2D eigenvalue weighted by Gasteiger charge is -2.04. The van der Waals surface area contributed by atoms with Gasteiger partial charge in [-0.2, -0.15) is 5.10 Å². The van der Waals surface area contributed by atoms with Crippen molar-refractivity contribution >= 4 is 21.8 Å². The predicted octanol–water partition coefficient (Wildman–Crippen LogP) is 3.70. The molecule has 1 N–H and O–H groups in total. The lowest BCUT2D eigenvalue weighted by atomic mass is 10.2. The first kappa shape index (κ1) is 15.4. The molecule has 3 aromatic rings. The molecule has 6 heteroatoms. The minimum atomic E-state index is -0.320. The molecule has 0 saturated heterocycles. The first-order valence-electron chi connectivity index (χ1n) is 6.95. The summed E-state index contributed by atoms with van der Waals surface area (Å²) in [6.07, 6.45) is 3.16. The standard InChI is InChI=1S/C17H13BrFN3O/c18-14-4-6-16(7-5-14)22-11-13(10-21-22)17(23)20-9-12-2-1-3-15(19)8-12/h1-8,10-11H,9H2,(H,20,23). The third-order valence-corrected chi connectivity index (χ3v) is 3.81. The van der Waals surface area contributed by atoms with E-state index in [4.69, 9.17) is 0 Å². The number of aromatic nitrogens is 2. The van der Waals surface area contributed by atoms with Gasteiger partial charge < -0.3 is 5.32 Å². The zero-order valence-corrected chi connectivity index (χ0v) is 13.6. The van der Waals surface area contributed by atoms with E-state index in [0.29, 0.717) is 11.1 Å². The maximum atomic E-state index is 13.1. The number of carbonyl (C=O) groups is 1. The summed E-state index contributed by atoms with van der Waals surface area (Å²) in [6, 6.07) is 13.7. The molecule has 116 valence electrons. The van der Waals surface area contributed by atoms with E-state index in [2.05, 4.69) is 26.3 Å². The first-order chi connectivity index (χ1) is 11.1. The summed E-state index contributed by atoms with van der Waals surface area (Å²) in [7, 11) is 0. The molecule has 0 atom stereocenters. The Kier molecular flexibility index (Phi) is 4.52. The average Bonchev–Trinajstić information content (AvgIpc) is 3.03. The highest BCUT2D eigenvalue weighted by Crippen LogP contribution is 2.14. The van der Waals surface area contributed by atoms with Crippen molar-refractivity contribution in [2.45, 2.75) is 6.54 Å². The van der Waals surface area contributed by atoms with Crippen LogP contribution in [0.2, 0.25) is 0 Å². The van der Waals surface area contributed by atoms with Crippen LogP contribution < -0.4 is 5.32 Å². The smallest absolute Gasteiger partial charge is 0.254 e. The first-order valence-corrected chi connectivity index (χ1v) is 7.74. The van der Waals surface area contributed by atoms with Gasteiger partial charge in [0.15, 0.2) is 0 Å². The molecule has 2 aromatic carbocycles. The normalized spacial score (nSPS) is 10.5. The second kappa shape index (κ2) is 6.75. The molecule has 0 saturated carbocycles. The third kappa shape index (κ3) is 3.84. The van der Waals surface area contributed by atoms with Crippen LogP contribution in [-0.2, 0) is 6.54 Å². The van der Waals surface area contributed by atoms with Crippen molar-refractivity contribution in [2.24, 2.45) is 0 Å². The molecule has 1 amide bonds. The topological polar surface area (TPSA) is 46.9 Å². The second-order valence-corrected chi connectivity index (χ2v) is 5.88. The molecule has 1 aromatic heterocycles. The molecule has 1 heterocycles. The zero-order chi connectivity index (χ0) is 16.2. The quantitative estimate of drug-likeness (QED) is 0.757. The zero-order valence-electron chi connectivity index (χ0n) is 12.0. The van der Waals surface area contributed by atoms with Gasteiger partial charge in [0.05, 0.1) is 17.4 Å². The Bertz CT molecular complexity index is 830. The SMILES string of the molecule is O=C(NCc1cccc(F)c1)c1cnn(-c2ccc(Br)cc2)c1. The van der Waals surface area contributed by atoms with Gasteiger partial charge >= 0.3 is 0 Å². The van der Waals surface area contributed by atoms with Gasteiger partial charge in [-0.05, 0) is 42.0 Å². The fourth-order valence-corrected chi connectivity index (χ4v) is 2.37. The molecule has 0 radical (unpaired) electrons.